The summed E-state index contributed by atoms with van der Waals surface area (Å²) in [5.41, 5.74) is 1.98. The number of imidazole rings is 1. The van der Waals surface area contributed by atoms with Gasteiger partial charge in [-0.15, -0.1) is 0 Å². The molecule has 0 spiro atoms. The van der Waals surface area contributed by atoms with Crippen molar-refractivity contribution in [3.63, 3.8) is 0 Å². The molecule has 2 fully saturated rings. The number of morpholine rings is 1. The van der Waals surface area contributed by atoms with Gasteiger partial charge in [-0.05, 0) is 36.8 Å². The molecule has 0 saturated carbocycles. The van der Waals surface area contributed by atoms with Crippen LogP contribution in [0.25, 0.3) is 11.4 Å². The Bertz CT molecular complexity index is 1300. The minimum Gasteiger partial charge on any atom is -0.871 e. The zero-order valence-electron chi connectivity index (χ0n) is 18.8. The third-order valence-electron chi connectivity index (χ3n) is 6.52. The standard InChI is InChI=1S/C25H25ClN4O4/c1-16-21(29-8-3-2-7-19(29)27-16)23(31)20-22(17-5-4-6-18(26)15-17)30(25(33)24(20)32)10-9-28-11-13-34-14-12-28/h2-8,15,22,31H,9-14H2,1H3. The number of benzene rings is 1. The number of pyridine rings is 1. The molecular formula is C25H25ClN4O4. The normalized spacial score (nSPS) is 21.0. The van der Waals surface area contributed by atoms with E-state index in [-0.39, 0.29) is 5.57 Å². The average molecular weight is 481 g/mol. The van der Waals surface area contributed by atoms with Gasteiger partial charge in [0.15, 0.2) is 0 Å². The quantitative estimate of drug-likeness (QED) is 0.325. The summed E-state index contributed by atoms with van der Waals surface area (Å²) in [6, 6.07) is 11.6. The van der Waals surface area contributed by atoms with Crippen molar-refractivity contribution in [1.82, 2.24) is 14.3 Å². The Labute approximate surface area is 202 Å². The van der Waals surface area contributed by atoms with E-state index in [2.05, 4.69) is 4.98 Å². The molecule has 8 nitrogen and oxygen atoms in total. The molecule has 4 heterocycles. The van der Waals surface area contributed by atoms with Crippen LogP contribution in [0.15, 0.2) is 54.2 Å². The molecule has 2 aromatic heterocycles. The number of hydrogen-bond acceptors (Lipinski definition) is 5. The smallest absolute Gasteiger partial charge is 0.295 e. The molecule has 2 saturated heterocycles. The number of hydrogen-bond donors (Lipinski definition) is 1. The second-order valence-electron chi connectivity index (χ2n) is 8.62. The SMILES string of the molecule is Cc1nc2ccccn2c1C([O-])=C1C(=O)C(=O)N(CC[NH+]2CCOCC2)C1c1cccc(Cl)c1. The summed E-state index contributed by atoms with van der Waals surface area (Å²) in [4.78, 5) is 33.8. The Morgan fingerprint density at radius 2 is 2.00 bits per heavy atom. The maximum Gasteiger partial charge on any atom is 0.295 e. The molecule has 2 aliphatic heterocycles. The fourth-order valence-corrected chi connectivity index (χ4v) is 5.03. The van der Waals surface area contributed by atoms with E-state index in [1.54, 1.807) is 53.9 Å². The highest BCUT2D eigenvalue weighted by Crippen LogP contribution is 2.39. The highest BCUT2D eigenvalue weighted by Gasteiger charge is 2.45. The number of aryl methyl sites for hydroxylation is 1. The van der Waals surface area contributed by atoms with E-state index < -0.39 is 23.5 Å². The first kappa shape index (κ1) is 22.6. The molecule has 34 heavy (non-hydrogen) atoms. The fraction of sp³-hybridized carbons (Fsp3) is 0.320. The van der Waals surface area contributed by atoms with Crippen molar-refractivity contribution in [2.45, 2.75) is 13.0 Å². The number of rotatable bonds is 5. The van der Waals surface area contributed by atoms with E-state index >= 15 is 0 Å². The molecule has 0 aliphatic carbocycles. The van der Waals surface area contributed by atoms with Crippen LogP contribution in [0.3, 0.4) is 0 Å². The molecule has 176 valence electrons. The van der Waals surface area contributed by atoms with Gasteiger partial charge >= 0.3 is 0 Å². The monoisotopic (exact) mass is 480 g/mol. The Balaban J connectivity index is 1.61. The van der Waals surface area contributed by atoms with Crippen LogP contribution in [0.5, 0.6) is 0 Å². The number of likely N-dealkylation sites (tertiary alicyclic amines) is 1. The molecular weight excluding hydrogens is 456 g/mol. The predicted octanol–water partition coefficient (Wildman–Crippen LogP) is 0.435. The maximum absolute atomic E-state index is 13.9. The van der Waals surface area contributed by atoms with Crippen LogP contribution in [-0.2, 0) is 14.3 Å². The van der Waals surface area contributed by atoms with E-state index in [4.69, 9.17) is 16.3 Å². The first-order valence-corrected chi connectivity index (χ1v) is 11.7. The number of fused-ring (bicyclic) bond motifs is 1. The fourth-order valence-electron chi connectivity index (χ4n) is 4.83. The molecule has 2 aliphatic rings. The highest BCUT2D eigenvalue weighted by atomic mass is 35.5. The van der Waals surface area contributed by atoms with Gasteiger partial charge in [0.25, 0.3) is 5.91 Å². The maximum atomic E-state index is 13.9. The minimum absolute atomic E-state index is 0.0574. The Morgan fingerprint density at radius 1 is 1.21 bits per heavy atom. The molecule has 0 bridgehead atoms. The predicted molar refractivity (Wildman–Crippen MR) is 124 cm³/mol. The number of carbonyl (C=O) groups excluding carboxylic acids is 2. The van der Waals surface area contributed by atoms with Gasteiger partial charge in [0, 0.05) is 16.8 Å². The minimum atomic E-state index is -0.805. The Morgan fingerprint density at radius 3 is 2.76 bits per heavy atom. The number of nitrogens with zero attached hydrogens (tertiary/aromatic N) is 3. The van der Waals surface area contributed by atoms with Crippen LogP contribution >= 0.6 is 11.6 Å². The average Bonchev–Trinajstić information content (AvgIpc) is 3.31. The summed E-state index contributed by atoms with van der Waals surface area (Å²) in [5.74, 6) is -1.91. The lowest BCUT2D eigenvalue weighted by Gasteiger charge is -2.30. The number of ether oxygens (including phenoxy) is 1. The van der Waals surface area contributed by atoms with E-state index in [0.29, 0.717) is 53.9 Å². The number of Topliss-reactive ketones (excluding diaryl/α,β-unsaturated/α-hetero) is 1. The zero-order valence-corrected chi connectivity index (χ0v) is 19.5. The third-order valence-corrected chi connectivity index (χ3v) is 6.75. The molecule has 3 aromatic rings. The molecule has 1 aromatic carbocycles. The Kier molecular flexibility index (Phi) is 6.12. The molecule has 0 radical (unpaired) electrons. The molecule has 1 amide bonds. The van der Waals surface area contributed by atoms with Gasteiger partial charge in [0.05, 0.1) is 43.7 Å². The lowest BCUT2D eigenvalue weighted by atomic mass is 9.96. The summed E-state index contributed by atoms with van der Waals surface area (Å²) < 4.78 is 7.09. The second-order valence-corrected chi connectivity index (χ2v) is 9.05. The topological polar surface area (TPSA) is 91.4 Å². The highest BCUT2D eigenvalue weighted by molar-refractivity contribution is 6.46. The van der Waals surface area contributed by atoms with Crippen molar-refractivity contribution < 1.29 is 24.3 Å². The van der Waals surface area contributed by atoms with E-state index in [1.807, 2.05) is 6.07 Å². The lowest BCUT2D eigenvalue weighted by molar-refractivity contribution is -0.907. The van der Waals surface area contributed by atoms with Gasteiger partial charge in [-0.3, -0.25) is 9.59 Å². The summed E-state index contributed by atoms with van der Waals surface area (Å²) in [6.45, 7) is 5.76. The van der Waals surface area contributed by atoms with Crippen molar-refractivity contribution in [3.8, 4) is 0 Å². The van der Waals surface area contributed by atoms with Crippen LogP contribution in [0.4, 0.5) is 0 Å². The second kappa shape index (κ2) is 9.21. The summed E-state index contributed by atoms with van der Waals surface area (Å²) in [6.07, 6.45) is 1.73. The van der Waals surface area contributed by atoms with E-state index in [0.717, 1.165) is 13.1 Å². The zero-order chi connectivity index (χ0) is 23.8. The van der Waals surface area contributed by atoms with Crippen molar-refractivity contribution in [1.29, 1.82) is 0 Å². The molecule has 1 unspecified atom stereocenters. The number of aromatic nitrogens is 2. The van der Waals surface area contributed by atoms with Crippen molar-refractivity contribution in [2.75, 3.05) is 39.4 Å². The van der Waals surface area contributed by atoms with Crippen molar-refractivity contribution >= 4 is 34.7 Å². The largest absolute Gasteiger partial charge is 0.871 e. The van der Waals surface area contributed by atoms with E-state index in [1.165, 1.54) is 9.80 Å². The number of halogens is 1. The summed E-state index contributed by atoms with van der Waals surface area (Å²) >= 11 is 6.26. The van der Waals surface area contributed by atoms with Gasteiger partial charge in [-0.1, -0.05) is 35.6 Å². The van der Waals surface area contributed by atoms with Gasteiger partial charge in [0.2, 0.25) is 5.78 Å². The van der Waals surface area contributed by atoms with Gasteiger partial charge in [0.1, 0.15) is 18.7 Å². The lowest BCUT2D eigenvalue weighted by Crippen LogP contribution is -3.14. The van der Waals surface area contributed by atoms with Crippen molar-refractivity contribution in [2.24, 2.45) is 0 Å². The number of ketones is 1. The van der Waals surface area contributed by atoms with Crippen LogP contribution < -0.4 is 10.0 Å². The molecule has 5 rings (SSSR count). The summed E-state index contributed by atoms with van der Waals surface area (Å²) in [7, 11) is 0. The third kappa shape index (κ3) is 3.98. The van der Waals surface area contributed by atoms with Gasteiger partial charge in [-0.2, -0.15) is 0 Å². The van der Waals surface area contributed by atoms with Gasteiger partial charge < -0.3 is 24.0 Å². The number of carbonyl (C=O) groups is 2. The molecule has 1 atom stereocenters. The Hall–Kier alpha value is -3.20. The first-order valence-electron chi connectivity index (χ1n) is 11.3. The summed E-state index contributed by atoms with van der Waals surface area (Å²) in [5, 5.41) is 14.3. The van der Waals surface area contributed by atoms with Crippen LogP contribution in [0.1, 0.15) is 23.0 Å². The number of amides is 1. The van der Waals surface area contributed by atoms with Crippen molar-refractivity contribution in [3.05, 3.63) is 76.2 Å². The van der Waals surface area contributed by atoms with E-state index in [9.17, 15) is 14.7 Å². The van der Waals surface area contributed by atoms with Gasteiger partial charge in [-0.25, -0.2) is 4.98 Å². The van der Waals surface area contributed by atoms with Crippen LogP contribution in [0, 0.1) is 6.92 Å². The molecule has 9 heteroatoms. The number of quaternary nitrogens is 1. The van der Waals surface area contributed by atoms with Crippen LogP contribution in [0.2, 0.25) is 5.02 Å². The number of nitrogens with one attached hydrogen (secondary N) is 1. The first-order chi connectivity index (χ1) is 16.5. The van der Waals surface area contributed by atoms with Crippen LogP contribution in [-0.4, -0.2) is 65.4 Å². The molecule has 1 N–H and O–H groups in total.